The van der Waals surface area contributed by atoms with Crippen molar-refractivity contribution in [1.29, 1.82) is 0 Å². The fourth-order valence-corrected chi connectivity index (χ4v) is 4.25. The number of hydrogen-bond acceptors (Lipinski definition) is 7. The van der Waals surface area contributed by atoms with E-state index in [0.717, 1.165) is 28.7 Å². The Kier molecular flexibility index (Phi) is 5.01. The number of fused-ring (bicyclic) bond motifs is 2. The van der Waals surface area contributed by atoms with Crippen molar-refractivity contribution in [2.24, 2.45) is 0 Å². The first-order valence-corrected chi connectivity index (χ1v) is 10.3. The maximum atomic E-state index is 13.4. The summed E-state index contributed by atoms with van der Waals surface area (Å²) in [6, 6.07) is 14.3. The number of nitrogens with zero attached hydrogens (tertiary/aromatic N) is 6. The molecule has 0 N–H and O–H groups in total. The Hall–Kier alpha value is -3.93. The minimum Gasteiger partial charge on any atom is -0.497 e. The Morgan fingerprint density at radius 1 is 1.03 bits per heavy atom. The first-order chi connectivity index (χ1) is 15.8. The number of methoxy groups -OCH3 is 1. The van der Waals surface area contributed by atoms with Crippen molar-refractivity contribution < 1.29 is 17.9 Å². The van der Waals surface area contributed by atoms with Gasteiger partial charge in [0.2, 0.25) is 0 Å². The molecule has 0 saturated heterocycles. The molecular weight excluding hydrogens is 457 g/mol. The molecule has 0 aliphatic carbocycles. The summed E-state index contributed by atoms with van der Waals surface area (Å²) in [6.45, 7) is 0. The van der Waals surface area contributed by atoms with Crippen molar-refractivity contribution in [3.05, 3.63) is 77.0 Å². The molecule has 0 bridgehead atoms. The number of ether oxygens (including phenoxy) is 1. The molecule has 0 atom stereocenters. The van der Waals surface area contributed by atoms with Crippen LogP contribution in [0.3, 0.4) is 0 Å². The van der Waals surface area contributed by atoms with Gasteiger partial charge < -0.3 is 4.74 Å². The molecule has 3 aromatic heterocycles. The number of rotatable bonds is 4. The Bertz CT molecular complexity index is 1560. The zero-order chi connectivity index (χ0) is 23.2. The highest BCUT2D eigenvalue weighted by Gasteiger charge is 2.34. The maximum Gasteiger partial charge on any atom is 0.433 e. The van der Waals surface area contributed by atoms with Gasteiger partial charge in [0.25, 0.3) is 11.3 Å². The van der Waals surface area contributed by atoms with Gasteiger partial charge in [-0.3, -0.25) is 9.36 Å². The quantitative estimate of drug-likeness (QED) is 0.290. The molecule has 166 valence electrons. The normalized spacial score (nSPS) is 11.9. The van der Waals surface area contributed by atoms with Gasteiger partial charge in [-0.15, -0.1) is 0 Å². The van der Waals surface area contributed by atoms with Crippen molar-refractivity contribution in [3.63, 3.8) is 0 Å². The lowest BCUT2D eigenvalue weighted by Gasteiger charge is -2.15. The number of halogens is 3. The molecule has 5 aromatic rings. The van der Waals surface area contributed by atoms with Crippen LogP contribution in [0.4, 0.5) is 13.2 Å². The van der Waals surface area contributed by atoms with Crippen LogP contribution in [0.5, 0.6) is 5.75 Å². The Balaban J connectivity index is 1.77. The van der Waals surface area contributed by atoms with Crippen LogP contribution in [0.25, 0.3) is 22.4 Å². The molecule has 5 rings (SSSR count). The third-order valence-electron chi connectivity index (χ3n) is 4.76. The summed E-state index contributed by atoms with van der Waals surface area (Å²) in [5.74, 6) is 0.286. The lowest BCUT2D eigenvalue weighted by atomic mass is 10.2. The zero-order valence-corrected chi connectivity index (χ0v) is 17.6. The van der Waals surface area contributed by atoms with Crippen molar-refractivity contribution in [2.75, 3.05) is 7.11 Å². The highest BCUT2D eigenvalue weighted by molar-refractivity contribution is 7.99. The highest BCUT2D eigenvalue weighted by atomic mass is 32.2. The summed E-state index contributed by atoms with van der Waals surface area (Å²) in [5, 5.41) is 4.52. The van der Waals surface area contributed by atoms with Gasteiger partial charge in [0.1, 0.15) is 17.1 Å². The van der Waals surface area contributed by atoms with Gasteiger partial charge in [0.05, 0.1) is 23.7 Å². The van der Waals surface area contributed by atoms with E-state index in [9.17, 15) is 18.0 Å². The molecule has 0 saturated carbocycles. The van der Waals surface area contributed by atoms with E-state index < -0.39 is 11.9 Å². The number of hydrogen-bond donors (Lipinski definition) is 0. The highest BCUT2D eigenvalue weighted by Crippen LogP contribution is 2.34. The van der Waals surface area contributed by atoms with E-state index in [2.05, 4.69) is 20.1 Å². The molecule has 0 amide bonds. The van der Waals surface area contributed by atoms with Gasteiger partial charge in [-0.05, 0) is 36.0 Å². The number of alkyl halides is 3. The molecule has 0 aliphatic heterocycles. The second kappa shape index (κ2) is 7.89. The first-order valence-electron chi connectivity index (χ1n) is 9.47. The van der Waals surface area contributed by atoms with Crippen LogP contribution in [0, 0.1) is 0 Å². The summed E-state index contributed by atoms with van der Waals surface area (Å²) in [7, 11) is 1.49. The average Bonchev–Trinajstić information content (AvgIpc) is 3.28. The summed E-state index contributed by atoms with van der Waals surface area (Å²) >= 11 is 0.847. The molecule has 0 radical (unpaired) electrons. The van der Waals surface area contributed by atoms with E-state index in [0.29, 0.717) is 22.3 Å². The predicted molar refractivity (Wildman–Crippen MR) is 114 cm³/mol. The van der Waals surface area contributed by atoms with Crippen LogP contribution in [0.1, 0.15) is 5.69 Å². The number of benzene rings is 2. The molecule has 3 heterocycles. The van der Waals surface area contributed by atoms with Gasteiger partial charge in [0.15, 0.2) is 10.9 Å². The van der Waals surface area contributed by atoms with E-state index >= 15 is 0 Å². The number of para-hydroxylation sites is 1. The van der Waals surface area contributed by atoms with Gasteiger partial charge in [0, 0.05) is 12.1 Å². The van der Waals surface area contributed by atoms with Gasteiger partial charge in [-0.1, -0.05) is 18.2 Å². The van der Waals surface area contributed by atoms with Crippen molar-refractivity contribution in [2.45, 2.75) is 16.4 Å². The standard InChI is InChI=1S/C21H13F3N6O2S/c1-32-13-6-4-5-12(9-13)29-18(31)14-7-2-3-8-15(14)27-20(29)33-17-10-16(21(22,23)24)28-19-25-11-26-30(17)19/h2-11H,1H3. The summed E-state index contributed by atoms with van der Waals surface area (Å²) in [5.41, 5.74) is -0.651. The molecule has 0 unspecified atom stereocenters. The van der Waals surface area contributed by atoms with Crippen LogP contribution >= 0.6 is 11.8 Å². The SMILES string of the molecule is COc1cccc(-n2c(Sc3cc(C(F)(F)F)nc4ncnn34)nc3ccccc3c2=O)c1. The third kappa shape index (κ3) is 3.78. The van der Waals surface area contributed by atoms with Crippen LogP contribution < -0.4 is 10.3 Å². The van der Waals surface area contributed by atoms with Crippen molar-refractivity contribution in [3.8, 4) is 11.4 Å². The molecule has 0 spiro atoms. The summed E-state index contributed by atoms with van der Waals surface area (Å²) < 4.78 is 48.0. The van der Waals surface area contributed by atoms with Gasteiger partial charge in [-0.2, -0.15) is 27.8 Å². The molecule has 12 heteroatoms. The average molecular weight is 470 g/mol. The molecule has 0 fully saturated rings. The van der Waals surface area contributed by atoms with Gasteiger partial charge in [-0.25, -0.2) is 9.97 Å². The third-order valence-corrected chi connectivity index (χ3v) is 5.72. The lowest BCUT2D eigenvalue weighted by Crippen LogP contribution is -2.22. The second-order valence-corrected chi connectivity index (χ2v) is 7.79. The second-order valence-electron chi connectivity index (χ2n) is 6.80. The zero-order valence-electron chi connectivity index (χ0n) is 16.8. The lowest BCUT2D eigenvalue weighted by molar-refractivity contribution is -0.141. The smallest absolute Gasteiger partial charge is 0.433 e. The van der Waals surface area contributed by atoms with E-state index in [1.807, 2.05) is 0 Å². The first kappa shape index (κ1) is 20.9. The largest absolute Gasteiger partial charge is 0.497 e. The Labute approximate surface area is 187 Å². The minimum atomic E-state index is -4.69. The van der Waals surface area contributed by atoms with E-state index in [-0.39, 0.29) is 21.5 Å². The van der Waals surface area contributed by atoms with Crippen LogP contribution in [0.15, 0.2) is 75.9 Å². The minimum absolute atomic E-state index is 0.0450. The maximum absolute atomic E-state index is 13.4. The predicted octanol–water partition coefficient (Wildman–Crippen LogP) is 4.00. The van der Waals surface area contributed by atoms with E-state index in [4.69, 9.17) is 4.74 Å². The fraction of sp³-hybridized carbons (Fsp3) is 0.0952. The summed E-state index contributed by atoms with van der Waals surface area (Å²) in [6.07, 6.45) is -3.58. The van der Waals surface area contributed by atoms with E-state index in [1.165, 1.54) is 11.7 Å². The monoisotopic (exact) mass is 470 g/mol. The van der Waals surface area contributed by atoms with Crippen LogP contribution in [0.2, 0.25) is 0 Å². The Morgan fingerprint density at radius 3 is 2.64 bits per heavy atom. The van der Waals surface area contributed by atoms with Gasteiger partial charge >= 0.3 is 6.18 Å². The van der Waals surface area contributed by atoms with E-state index in [1.54, 1.807) is 48.5 Å². The molecule has 33 heavy (non-hydrogen) atoms. The molecule has 2 aromatic carbocycles. The Morgan fingerprint density at radius 2 is 1.85 bits per heavy atom. The topological polar surface area (TPSA) is 87.2 Å². The molecule has 0 aliphatic rings. The van der Waals surface area contributed by atoms with Crippen LogP contribution in [-0.4, -0.2) is 36.2 Å². The van der Waals surface area contributed by atoms with Crippen LogP contribution in [-0.2, 0) is 6.18 Å². The van der Waals surface area contributed by atoms with Crippen molar-refractivity contribution in [1.82, 2.24) is 29.1 Å². The molecule has 8 nitrogen and oxygen atoms in total. The summed E-state index contributed by atoms with van der Waals surface area (Å²) in [4.78, 5) is 25.3. The fourth-order valence-electron chi connectivity index (χ4n) is 3.25. The van der Waals surface area contributed by atoms with Crippen molar-refractivity contribution >= 4 is 28.4 Å². The number of aromatic nitrogens is 6. The molecular formula is C21H13F3N6O2S.